The summed E-state index contributed by atoms with van der Waals surface area (Å²) in [6.07, 6.45) is 1.14. The molecule has 0 amide bonds. The van der Waals surface area contributed by atoms with Crippen LogP contribution < -0.4 is 0 Å². The first-order valence-corrected chi connectivity index (χ1v) is 7.61. The van der Waals surface area contributed by atoms with Gasteiger partial charge in [0.25, 0.3) is 0 Å². The van der Waals surface area contributed by atoms with E-state index in [1.807, 2.05) is 0 Å². The van der Waals surface area contributed by atoms with Crippen LogP contribution in [0.2, 0.25) is 0 Å². The fourth-order valence-electron chi connectivity index (χ4n) is 1.30. The van der Waals surface area contributed by atoms with Crippen molar-refractivity contribution in [2.24, 2.45) is 5.92 Å². The summed E-state index contributed by atoms with van der Waals surface area (Å²) in [7, 11) is 5.78. The Labute approximate surface area is 91.5 Å². The monoisotopic (exact) mass is 283 g/mol. The van der Waals surface area contributed by atoms with Gasteiger partial charge in [-0.25, -0.2) is 0 Å². The zero-order valence-electron chi connectivity index (χ0n) is 7.90. The molecule has 0 unspecified atom stereocenters. The first-order valence-electron chi connectivity index (χ1n) is 4.37. The van der Waals surface area contributed by atoms with Gasteiger partial charge < -0.3 is 0 Å². The van der Waals surface area contributed by atoms with Crippen molar-refractivity contribution < 1.29 is 15.7 Å². The molecule has 0 aliphatic carbocycles. The van der Waals surface area contributed by atoms with Crippen LogP contribution in [0.5, 0.6) is 0 Å². The molecule has 1 aromatic rings. The van der Waals surface area contributed by atoms with Crippen LogP contribution in [-0.2, 0) is 22.1 Å². The molecule has 0 aliphatic rings. The van der Waals surface area contributed by atoms with E-state index < -0.39 is 0 Å². The second-order valence-electron chi connectivity index (χ2n) is 3.48. The molecule has 1 rings (SSSR count). The minimum absolute atomic E-state index is 0.111. The third-order valence-corrected chi connectivity index (χ3v) is 3.02. The Bertz CT molecular complexity index is 292. The van der Waals surface area contributed by atoms with Gasteiger partial charge in [0.05, 0.1) is 0 Å². The van der Waals surface area contributed by atoms with Crippen LogP contribution in [0.1, 0.15) is 25.0 Å². The molecule has 0 nitrogen and oxygen atoms in total. The molecule has 73 valence electrons. The Kier molecular flexibility index (Phi) is 4.84. The first kappa shape index (κ1) is 11.1. The van der Waals surface area contributed by atoms with Gasteiger partial charge in [0.1, 0.15) is 0 Å². The van der Waals surface area contributed by atoms with Crippen LogP contribution in [0.3, 0.4) is 0 Å². The van der Waals surface area contributed by atoms with E-state index in [9.17, 15) is 0 Å². The summed E-state index contributed by atoms with van der Waals surface area (Å²) in [4.78, 5) is 0. The Hall–Kier alpha value is 0.00338. The van der Waals surface area contributed by atoms with Gasteiger partial charge in [0.15, 0.2) is 0 Å². The summed E-state index contributed by atoms with van der Waals surface area (Å²) in [6.45, 7) is 4.48. The van der Waals surface area contributed by atoms with Crippen LogP contribution in [0, 0.1) is 5.92 Å². The van der Waals surface area contributed by atoms with Crippen LogP contribution in [0.4, 0.5) is 0 Å². The molecule has 0 radical (unpaired) electrons. The molecule has 0 N–H and O–H groups in total. The summed E-state index contributed by atoms with van der Waals surface area (Å²) in [5.74, 6) is 0.709. The number of benzene rings is 1. The Balaban J connectivity index is 2.90. The van der Waals surface area contributed by atoms with E-state index in [0.29, 0.717) is 5.92 Å². The molecule has 2 heteroatoms. The van der Waals surface area contributed by atoms with Crippen LogP contribution in [0.15, 0.2) is 24.3 Å². The molecule has 0 fully saturated rings. The van der Waals surface area contributed by atoms with Crippen molar-refractivity contribution in [1.29, 1.82) is 0 Å². The number of halogens is 1. The number of hydrogen-bond donors (Lipinski definition) is 0. The van der Waals surface area contributed by atoms with Crippen LogP contribution in [-0.4, -0.2) is 4.61 Å². The molecule has 0 atom stereocenters. The van der Waals surface area contributed by atoms with E-state index in [2.05, 4.69) is 42.7 Å². The quantitative estimate of drug-likeness (QED) is 0.747. The van der Waals surface area contributed by atoms with Crippen molar-refractivity contribution in [3.8, 4) is 0 Å². The first-order chi connectivity index (χ1) is 6.24. The van der Waals surface area contributed by atoms with E-state index in [0.717, 1.165) is 6.42 Å². The minimum atomic E-state index is -0.111. The van der Waals surface area contributed by atoms with E-state index in [1.54, 1.807) is 0 Å². The Morgan fingerprint density at radius 1 is 1.38 bits per heavy atom. The van der Waals surface area contributed by atoms with Gasteiger partial charge in [-0.2, -0.15) is 0 Å². The molecule has 13 heavy (non-hydrogen) atoms. The predicted octanol–water partition coefficient (Wildman–Crippen LogP) is 3.27. The van der Waals surface area contributed by atoms with Crippen LogP contribution >= 0.6 is 9.69 Å². The summed E-state index contributed by atoms with van der Waals surface area (Å²) >= 11 is -0.111. The second-order valence-corrected chi connectivity index (χ2v) is 5.27. The van der Waals surface area contributed by atoms with Gasteiger partial charge in [-0.1, -0.05) is 0 Å². The zero-order valence-corrected chi connectivity index (χ0v) is 10.4. The maximum absolute atomic E-state index is 5.78. The van der Waals surface area contributed by atoms with Crippen molar-refractivity contribution in [3.63, 3.8) is 0 Å². The third kappa shape index (κ3) is 3.71. The average molecular weight is 283 g/mol. The van der Waals surface area contributed by atoms with Gasteiger partial charge >= 0.3 is 91.6 Å². The second kappa shape index (κ2) is 5.67. The van der Waals surface area contributed by atoms with Gasteiger partial charge in [0, 0.05) is 0 Å². The predicted molar refractivity (Wildman–Crippen MR) is 56.0 cm³/mol. The molecule has 0 aromatic heterocycles. The van der Waals surface area contributed by atoms with E-state index in [1.165, 1.54) is 11.1 Å². The Morgan fingerprint density at radius 2 is 2.08 bits per heavy atom. The molecule has 0 heterocycles. The van der Waals surface area contributed by atoms with Crippen molar-refractivity contribution in [2.45, 2.75) is 20.3 Å². The zero-order chi connectivity index (χ0) is 9.68. The summed E-state index contributed by atoms with van der Waals surface area (Å²) < 4.78 is 2.16. The van der Waals surface area contributed by atoms with E-state index in [-0.39, 0.29) is 15.7 Å². The fourth-order valence-corrected chi connectivity index (χ4v) is 2.49. The number of rotatable bonds is 3. The molecular formula is C11H14ClRu. The standard InChI is InChI=1S/C11H14.ClH.Ru/c1-9(2)8-11-7-5-4-6-10(11)3;;/h3-7,9H,8H2,1-2H3;1H;/q;;+1/p-1. The molecule has 1 aromatic carbocycles. The molecule has 0 spiro atoms. The van der Waals surface area contributed by atoms with Crippen molar-refractivity contribution in [2.75, 3.05) is 0 Å². The molecule has 0 saturated heterocycles. The van der Waals surface area contributed by atoms with E-state index >= 15 is 0 Å². The summed E-state index contributed by atoms with van der Waals surface area (Å²) in [5, 5.41) is 0. The normalized spacial score (nSPS) is 12.0. The molecule has 0 saturated carbocycles. The Morgan fingerprint density at radius 3 is 2.69 bits per heavy atom. The summed E-state index contributed by atoms with van der Waals surface area (Å²) in [5.41, 5.74) is 2.75. The topological polar surface area (TPSA) is 0 Å². The fraction of sp³-hybridized carbons (Fsp3) is 0.364. The SMILES string of the molecule is CC(C)Cc1ccccc1[CH]=[Ru][Cl]. The van der Waals surface area contributed by atoms with Crippen molar-refractivity contribution in [1.82, 2.24) is 0 Å². The molecule has 0 aliphatic heterocycles. The van der Waals surface area contributed by atoms with Crippen molar-refractivity contribution >= 4 is 14.3 Å². The third-order valence-electron chi connectivity index (χ3n) is 1.83. The van der Waals surface area contributed by atoms with Gasteiger partial charge in [-0.15, -0.1) is 0 Å². The average Bonchev–Trinajstić information content (AvgIpc) is 2.08. The van der Waals surface area contributed by atoms with Gasteiger partial charge in [-0.05, 0) is 0 Å². The van der Waals surface area contributed by atoms with Gasteiger partial charge in [-0.3, -0.25) is 0 Å². The van der Waals surface area contributed by atoms with Crippen molar-refractivity contribution in [3.05, 3.63) is 35.4 Å². The van der Waals surface area contributed by atoms with Gasteiger partial charge in [0.2, 0.25) is 0 Å². The number of hydrogen-bond acceptors (Lipinski definition) is 0. The van der Waals surface area contributed by atoms with Crippen LogP contribution in [0.25, 0.3) is 0 Å². The molecule has 0 bridgehead atoms. The maximum atomic E-state index is 5.78. The van der Waals surface area contributed by atoms with E-state index in [4.69, 9.17) is 9.69 Å². The molecular weight excluding hydrogens is 269 g/mol. The summed E-state index contributed by atoms with van der Waals surface area (Å²) in [6, 6.07) is 8.51.